The van der Waals surface area contributed by atoms with Crippen LogP contribution in [0, 0.1) is 0 Å². The Bertz CT molecular complexity index is 1270. The lowest BCUT2D eigenvalue weighted by atomic mass is 9.98. The summed E-state index contributed by atoms with van der Waals surface area (Å²) in [6.07, 6.45) is 7.19. The molecule has 2 aromatic rings. The van der Waals surface area contributed by atoms with Crippen molar-refractivity contribution in [2.45, 2.75) is 46.6 Å². The quantitative estimate of drug-likeness (QED) is 0.348. The van der Waals surface area contributed by atoms with Crippen molar-refractivity contribution in [3.8, 4) is 22.9 Å². The highest BCUT2D eigenvalue weighted by Gasteiger charge is 2.25. The highest BCUT2D eigenvalue weighted by molar-refractivity contribution is 5.93. The molecule has 0 saturated carbocycles. The van der Waals surface area contributed by atoms with Crippen LogP contribution in [0.4, 0.5) is 0 Å². The van der Waals surface area contributed by atoms with E-state index in [4.69, 9.17) is 4.74 Å². The number of likely N-dealkylation sites (N-methyl/N-ethyl adjacent to an activating group) is 1. The van der Waals surface area contributed by atoms with Gasteiger partial charge in [0.15, 0.2) is 5.82 Å². The Labute approximate surface area is 231 Å². The summed E-state index contributed by atoms with van der Waals surface area (Å²) in [5, 5.41) is 29.0. The second-order valence-electron chi connectivity index (χ2n) is 10.3. The van der Waals surface area contributed by atoms with Crippen LogP contribution < -0.4 is 10.1 Å². The molecule has 10 nitrogen and oxygen atoms in total. The van der Waals surface area contributed by atoms with E-state index in [-0.39, 0.29) is 29.4 Å². The number of phenols is 1. The van der Waals surface area contributed by atoms with E-state index in [9.17, 15) is 9.90 Å². The zero-order valence-electron chi connectivity index (χ0n) is 24.1. The number of piperazine rings is 1. The average molecular weight is 536 g/mol. The van der Waals surface area contributed by atoms with Crippen molar-refractivity contribution in [2.75, 3.05) is 40.3 Å². The number of aromatic hydroxyl groups is 1. The molecule has 0 bridgehead atoms. The fourth-order valence-electron chi connectivity index (χ4n) is 4.15. The molecule has 39 heavy (non-hydrogen) atoms. The zero-order chi connectivity index (χ0) is 28.7. The van der Waals surface area contributed by atoms with Crippen molar-refractivity contribution in [3.05, 3.63) is 53.9 Å². The number of allylic oxidation sites excluding steroid dienone is 5. The number of ether oxygens (including phenoxy) is 1. The first-order valence-corrected chi connectivity index (χ1v) is 13.2. The van der Waals surface area contributed by atoms with Crippen molar-refractivity contribution < 1.29 is 14.6 Å². The number of amides is 1. The molecule has 2 N–H and O–H groups in total. The van der Waals surface area contributed by atoms with Gasteiger partial charge in [-0.2, -0.15) is 5.10 Å². The molecular weight excluding hydrogens is 494 g/mol. The van der Waals surface area contributed by atoms with Gasteiger partial charge in [0, 0.05) is 50.2 Å². The summed E-state index contributed by atoms with van der Waals surface area (Å²) in [5.41, 5.74) is 2.82. The van der Waals surface area contributed by atoms with E-state index in [1.807, 2.05) is 59.1 Å². The Balaban J connectivity index is 2.08. The summed E-state index contributed by atoms with van der Waals surface area (Å²) < 4.78 is 7.09. The van der Waals surface area contributed by atoms with E-state index >= 15 is 0 Å². The van der Waals surface area contributed by atoms with E-state index < -0.39 is 0 Å². The van der Waals surface area contributed by atoms with E-state index in [0.29, 0.717) is 22.8 Å². The monoisotopic (exact) mass is 535 g/mol. The molecule has 0 unspecified atom stereocenters. The fraction of sp³-hybridized carbons (Fsp3) is 0.448. The SMILES string of the molecule is C=CC(=CC=C(C)C=NN1CCN(C)CC1)n1c(C(=O)NC(C)C)nnc1-c1cc(C(C)C)c(OC)cc1O. The van der Waals surface area contributed by atoms with Crippen LogP contribution in [0.5, 0.6) is 11.5 Å². The molecule has 1 saturated heterocycles. The van der Waals surface area contributed by atoms with Gasteiger partial charge in [0.25, 0.3) is 5.91 Å². The predicted molar refractivity (Wildman–Crippen MR) is 156 cm³/mol. The third-order valence-electron chi connectivity index (χ3n) is 6.39. The van der Waals surface area contributed by atoms with E-state index in [0.717, 1.165) is 37.3 Å². The molecule has 0 radical (unpaired) electrons. The number of carbonyl (C=O) groups excluding carboxylic acids is 1. The fourth-order valence-corrected chi connectivity index (χ4v) is 4.15. The minimum Gasteiger partial charge on any atom is -0.507 e. The zero-order valence-corrected chi connectivity index (χ0v) is 24.1. The number of hydrogen-bond donors (Lipinski definition) is 2. The predicted octanol–water partition coefficient (Wildman–Crippen LogP) is 4.13. The van der Waals surface area contributed by atoms with Gasteiger partial charge < -0.3 is 20.1 Å². The van der Waals surface area contributed by atoms with Crippen molar-refractivity contribution in [1.82, 2.24) is 30.0 Å². The first-order chi connectivity index (χ1) is 18.5. The first-order valence-electron chi connectivity index (χ1n) is 13.2. The van der Waals surface area contributed by atoms with Gasteiger partial charge in [-0.15, -0.1) is 10.2 Å². The molecule has 3 rings (SSSR count). The number of nitrogens with one attached hydrogen (secondary N) is 1. The van der Waals surface area contributed by atoms with Crippen LogP contribution in [-0.2, 0) is 0 Å². The van der Waals surface area contributed by atoms with Crippen LogP contribution in [0.25, 0.3) is 17.1 Å². The normalized spacial score (nSPS) is 15.5. The lowest BCUT2D eigenvalue weighted by Crippen LogP contribution is -2.41. The van der Waals surface area contributed by atoms with E-state index in [1.165, 1.54) is 0 Å². The molecule has 1 aromatic carbocycles. The summed E-state index contributed by atoms with van der Waals surface area (Å²) in [6.45, 7) is 17.5. The van der Waals surface area contributed by atoms with Crippen LogP contribution in [-0.4, -0.2) is 88.3 Å². The van der Waals surface area contributed by atoms with Gasteiger partial charge in [-0.1, -0.05) is 26.5 Å². The number of hydrogen-bond acceptors (Lipinski definition) is 8. The number of benzene rings is 1. The van der Waals surface area contributed by atoms with Gasteiger partial charge in [-0.3, -0.25) is 14.4 Å². The van der Waals surface area contributed by atoms with Gasteiger partial charge in [0.05, 0.1) is 12.7 Å². The number of hydrazone groups is 1. The van der Waals surface area contributed by atoms with Crippen LogP contribution in [0.2, 0.25) is 0 Å². The van der Waals surface area contributed by atoms with Gasteiger partial charge in [-0.25, -0.2) is 0 Å². The van der Waals surface area contributed by atoms with Gasteiger partial charge in [0.1, 0.15) is 11.5 Å². The smallest absolute Gasteiger partial charge is 0.289 e. The highest BCUT2D eigenvalue weighted by Crippen LogP contribution is 2.38. The van der Waals surface area contributed by atoms with Crippen LogP contribution in [0.3, 0.4) is 0 Å². The second kappa shape index (κ2) is 13.2. The Morgan fingerprint density at radius 1 is 1.15 bits per heavy atom. The Morgan fingerprint density at radius 2 is 1.85 bits per heavy atom. The van der Waals surface area contributed by atoms with Crippen molar-refractivity contribution in [2.24, 2.45) is 5.10 Å². The Kier molecular flexibility index (Phi) is 10.1. The number of phenolic OH excluding ortho intramolecular Hbond substituents is 1. The molecule has 0 aliphatic carbocycles. The maximum Gasteiger partial charge on any atom is 0.289 e. The van der Waals surface area contributed by atoms with Crippen molar-refractivity contribution >= 4 is 17.8 Å². The number of rotatable bonds is 10. The average Bonchev–Trinajstić information content (AvgIpc) is 3.32. The molecule has 10 heteroatoms. The molecule has 1 aliphatic rings. The highest BCUT2D eigenvalue weighted by atomic mass is 16.5. The second-order valence-corrected chi connectivity index (χ2v) is 10.3. The largest absolute Gasteiger partial charge is 0.507 e. The maximum absolute atomic E-state index is 13.1. The minimum absolute atomic E-state index is 0.0323. The molecule has 1 aromatic heterocycles. The third-order valence-corrected chi connectivity index (χ3v) is 6.39. The molecule has 1 amide bonds. The number of carbonyl (C=O) groups is 1. The van der Waals surface area contributed by atoms with E-state index in [1.54, 1.807) is 23.8 Å². The molecule has 0 atom stereocenters. The topological polar surface area (TPSA) is 108 Å². The van der Waals surface area contributed by atoms with Gasteiger partial charge in [-0.05, 0) is 63.1 Å². The molecule has 0 spiro atoms. The molecule has 1 aliphatic heterocycles. The van der Waals surface area contributed by atoms with Crippen LogP contribution in [0.15, 0.2) is 47.6 Å². The minimum atomic E-state index is -0.383. The summed E-state index contributed by atoms with van der Waals surface area (Å²) >= 11 is 0. The Morgan fingerprint density at radius 3 is 2.44 bits per heavy atom. The third kappa shape index (κ3) is 7.35. The summed E-state index contributed by atoms with van der Waals surface area (Å²) in [4.78, 5) is 15.4. The molecular formula is C29H41N7O3. The van der Waals surface area contributed by atoms with Crippen LogP contribution >= 0.6 is 0 Å². The lowest BCUT2D eigenvalue weighted by Gasteiger charge is -2.30. The standard InChI is InChI=1S/C29H41N7O3/c1-9-22(11-10-21(6)18-30-35-14-12-34(7)13-15-35)36-27(32-33-28(36)29(38)31-20(4)5)24-16-23(19(2)3)26(39-8)17-25(24)37/h9-11,16-20,37H,1,12-15H2,2-8H3,(H,31,38). The number of aromatic nitrogens is 3. The molecule has 1 fully saturated rings. The maximum atomic E-state index is 13.1. The lowest BCUT2D eigenvalue weighted by molar-refractivity contribution is 0.0931. The summed E-state index contributed by atoms with van der Waals surface area (Å²) in [7, 11) is 3.68. The van der Waals surface area contributed by atoms with Crippen molar-refractivity contribution in [3.63, 3.8) is 0 Å². The molecule has 2 heterocycles. The Hall–Kier alpha value is -3.92. The van der Waals surface area contributed by atoms with Crippen LogP contribution in [0.1, 0.15) is 56.7 Å². The summed E-state index contributed by atoms with van der Waals surface area (Å²) in [6, 6.07) is 3.29. The molecule has 210 valence electrons. The number of methoxy groups -OCH3 is 1. The number of nitrogens with zero attached hydrogens (tertiary/aromatic N) is 6. The van der Waals surface area contributed by atoms with E-state index in [2.05, 4.69) is 44.2 Å². The van der Waals surface area contributed by atoms with Crippen molar-refractivity contribution in [1.29, 1.82) is 0 Å². The summed E-state index contributed by atoms with van der Waals surface area (Å²) in [5.74, 6) is 0.686. The van der Waals surface area contributed by atoms with Gasteiger partial charge in [0.2, 0.25) is 5.82 Å². The first kappa shape index (κ1) is 29.6. The van der Waals surface area contributed by atoms with Gasteiger partial charge >= 0.3 is 0 Å².